The predicted octanol–water partition coefficient (Wildman–Crippen LogP) is 2.79. The average Bonchev–Trinajstić information content (AvgIpc) is 2.37. The number of aliphatic hydroxyl groups is 2. The summed E-state index contributed by atoms with van der Waals surface area (Å²) in [6.45, 7) is 5.75. The topological polar surface area (TPSA) is 76.0 Å². The fourth-order valence-electron chi connectivity index (χ4n) is 1.84. The van der Waals surface area contributed by atoms with E-state index in [1.807, 2.05) is 20.8 Å². The third kappa shape index (κ3) is 10.5. The lowest BCUT2D eigenvalue weighted by Crippen LogP contribution is -2.24. The molecule has 1 aliphatic rings. The van der Waals surface area contributed by atoms with Gasteiger partial charge in [0.25, 0.3) is 0 Å². The highest BCUT2D eigenvalue weighted by Crippen LogP contribution is 2.33. The highest BCUT2D eigenvalue weighted by molar-refractivity contribution is 8.13. The molecule has 0 aromatic carbocycles. The molecule has 1 aliphatic carbocycles. The Labute approximate surface area is 126 Å². The summed E-state index contributed by atoms with van der Waals surface area (Å²) in [5.41, 5.74) is -0.396. The van der Waals surface area contributed by atoms with Gasteiger partial charge in [0.15, 0.2) is 0 Å². The molecule has 1 rings (SSSR count). The number of methoxy groups -OCH3 is 1. The van der Waals surface area contributed by atoms with Crippen molar-refractivity contribution in [3.05, 3.63) is 0 Å². The van der Waals surface area contributed by atoms with Gasteiger partial charge in [-0.2, -0.15) is 0 Å². The Morgan fingerprint density at radius 2 is 1.70 bits per heavy atom. The second-order valence-electron chi connectivity index (χ2n) is 5.83. The minimum atomic E-state index is -0.396. The van der Waals surface area contributed by atoms with E-state index in [9.17, 15) is 4.79 Å². The van der Waals surface area contributed by atoms with Gasteiger partial charge in [0.2, 0.25) is 0 Å². The summed E-state index contributed by atoms with van der Waals surface area (Å²) in [4.78, 5) is 11.6. The summed E-state index contributed by atoms with van der Waals surface area (Å²) in [7, 11) is 1.43. The molecule has 0 radical (unpaired) electrons. The number of thioether (sulfide) groups is 1. The van der Waals surface area contributed by atoms with Gasteiger partial charge >= 0.3 is 5.30 Å². The fourth-order valence-corrected chi connectivity index (χ4v) is 2.92. The predicted molar refractivity (Wildman–Crippen MR) is 80.8 cm³/mol. The molecule has 1 fully saturated rings. The molecule has 5 nitrogen and oxygen atoms in total. The lowest BCUT2D eigenvalue weighted by atomic mass is 9.90. The van der Waals surface area contributed by atoms with E-state index in [1.165, 1.54) is 18.9 Å². The Kier molecular flexibility index (Phi) is 10.3. The Balaban J connectivity index is 0.000000796. The monoisotopic (exact) mass is 308 g/mol. The summed E-state index contributed by atoms with van der Waals surface area (Å²) < 4.78 is 9.37. The van der Waals surface area contributed by atoms with E-state index in [2.05, 4.69) is 4.74 Å². The molecule has 0 unspecified atom stereocenters. The van der Waals surface area contributed by atoms with Crippen molar-refractivity contribution < 1.29 is 24.5 Å². The number of hydrogen-bond acceptors (Lipinski definition) is 6. The molecule has 0 heterocycles. The number of ether oxygens (including phenoxy) is 2. The number of hydrogen-bond donors (Lipinski definition) is 2. The van der Waals surface area contributed by atoms with Crippen LogP contribution in [-0.4, -0.2) is 46.9 Å². The zero-order valence-electron chi connectivity index (χ0n) is 12.9. The lowest BCUT2D eigenvalue weighted by molar-refractivity contribution is 0.0325. The molecule has 0 bridgehead atoms. The first-order valence-electron chi connectivity index (χ1n) is 6.92. The number of carbonyl (C=O) groups excluding carboxylic acids is 1. The van der Waals surface area contributed by atoms with E-state index in [0.717, 1.165) is 25.7 Å². The molecule has 0 atom stereocenters. The van der Waals surface area contributed by atoms with Crippen LogP contribution >= 0.6 is 11.8 Å². The molecule has 0 aromatic heterocycles. The van der Waals surface area contributed by atoms with Gasteiger partial charge in [-0.15, -0.1) is 0 Å². The lowest BCUT2D eigenvalue weighted by Gasteiger charge is -2.27. The van der Waals surface area contributed by atoms with Crippen LogP contribution in [0.5, 0.6) is 0 Å². The second-order valence-corrected chi connectivity index (χ2v) is 7.06. The second kappa shape index (κ2) is 10.4. The fraction of sp³-hybridized carbons (Fsp3) is 0.929. The van der Waals surface area contributed by atoms with Crippen molar-refractivity contribution >= 4 is 17.1 Å². The van der Waals surface area contributed by atoms with Crippen LogP contribution < -0.4 is 0 Å². The maximum absolute atomic E-state index is 11.6. The Morgan fingerprint density at radius 1 is 1.20 bits per heavy atom. The van der Waals surface area contributed by atoms with Crippen LogP contribution in [0, 0.1) is 5.92 Å². The quantitative estimate of drug-likeness (QED) is 0.617. The Hall–Kier alpha value is -0.300. The van der Waals surface area contributed by atoms with Crippen LogP contribution in [0.25, 0.3) is 0 Å². The van der Waals surface area contributed by atoms with Gasteiger partial charge in [-0.05, 0) is 64.1 Å². The van der Waals surface area contributed by atoms with E-state index in [1.54, 1.807) is 0 Å². The van der Waals surface area contributed by atoms with E-state index >= 15 is 0 Å². The molecular formula is C14H28O5S. The molecule has 6 heteroatoms. The van der Waals surface area contributed by atoms with Crippen molar-refractivity contribution in [1.82, 2.24) is 0 Å². The normalized spacial score (nSPS) is 22.7. The third-order valence-electron chi connectivity index (χ3n) is 2.83. The SMILES string of the molecule is CC(C)(C)OC(=O)SC1CCC(CO)CC1.COCO. The summed E-state index contributed by atoms with van der Waals surface area (Å²) in [6, 6.07) is 0. The van der Waals surface area contributed by atoms with Crippen LogP contribution in [0.15, 0.2) is 0 Å². The van der Waals surface area contributed by atoms with Crippen molar-refractivity contribution in [1.29, 1.82) is 0 Å². The van der Waals surface area contributed by atoms with E-state index in [0.29, 0.717) is 11.2 Å². The van der Waals surface area contributed by atoms with Crippen LogP contribution in [0.1, 0.15) is 46.5 Å². The maximum Gasteiger partial charge on any atom is 0.368 e. The minimum absolute atomic E-state index is 0.167. The zero-order chi connectivity index (χ0) is 15.6. The highest BCUT2D eigenvalue weighted by atomic mass is 32.2. The van der Waals surface area contributed by atoms with Crippen LogP contribution in [0.4, 0.5) is 4.79 Å². The molecule has 0 spiro atoms. The van der Waals surface area contributed by atoms with Crippen molar-refractivity contribution in [2.45, 2.75) is 57.3 Å². The number of carbonyl (C=O) groups is 1. The summed E-state index contributed by atoms with van der Waals surface area (Å²) in [6.07, 6.45) is 4.07. The molecule has 0 aromatic rings. The largest absolute Gasteiger partial charge is 0.452 e. The Morgan fingerprint density at radius 3 is 2.05 bits per heavy atom. The van der Waals surface area contributed by atoms with Crippen LogP contribution in [0.2, 0.25) is 0 Å². The van der Waals surface area contributed by atoms with E-state index < -0.39 is 5.60 Å². The molecule has 0 saturated heterocycles. The number of aliphatic hydroxyl groups excluding tert-OH is 2. The van der Waals surface area contributed by atoms with E-state index in [-0.39, 0.29) is 18.7 Å². The Bertz CT molecular complexity index is 255. The van der Waals surface area contributed by atoms with Gasteiger partial charge in [0.05, 0.1) is 0 Å². The van der Waals surface area contributed by atoms with Gasteiger partial charge in [0, 0.05) is 19.0 Å². The van der Waals surface area contributed by atoms with Gasteiger partial charge in [-0.3, -0.25) is 0 Å². The number of rotatable bonds is 3. The summed E-state index contributed by atoms with van der Waals surface area (Å²) >= 11 is 1.32. The molecule has 0 amide bonds. The van der Waals surface area contributed by atoms with Crippen LogP contribution in [-0.2, 0) is 9.47 Å². The molecule has 2 N–H and O–H groups in total. The summed E-state index contributed by atoms with van der Waals surface area (Å²) in [5.74, 6) is 0.440. The molecule has 0 aliphatic heterocycles. The van der Waals surface area contributed by atoms with Crippen molar-refractivity contribution in [2.75, 3.05) is 20.5 Å². The van der Waals surface area contributed by atoms with Crippen molar-refractivity contribution in [3.63, 3.8) is 0 Å². The highest BCUT2D eigenvalue weighted by Gasteiger charge is 2.25. The first-order valence-corrected chi connectivity index (χ1v) is 7.80. The van der Waals surface area contributed by atoms with Gasteiger partial charge in [-0.25, -0.2) is 4.79 Å². The first-order chi connectivity index (χ1) is 9.32. The van der Waals surface area contributed by atoms with Crippen LogP contribution in [0.3, 0.4) is 0 Å². The average molecular weight is 308 g/mol. The zero-order valence-corrected chi connectivity index (χ0v) is 13.7. The third-order valence-corrected chi connectivity index (χ3v) is 3.91. The first kappa shape index (κ1) is 19.7. The molecular weight excluding hydrogens is 280 g/mol. The maximum atomic E-state index is 11.6. The minimum Gasteiger partial charge on any atom is -0.452 e. The van der Waals surface area contributed by atoms with Gasteiger partial charge in [-0.1, -0.05) is 0 Å². The smallest absolute Gasteiger partial charge is 0.368 e. The van der Waals surface area contributed by atoms with Crippen molar-refractivity contribution in [3.8, 4) is 0 Å². The molecule has 1 saturated carbocycles. The van der Waals surface area contributed by atoms with Gasteiger partial charge < -0.3 is 19.7 Å². The standard InChI is InChI=1S/C12H22O3S.C2H6O2/c1-12(2,3)15-11(14)16-10-6-4-9(8-13)5-7-10;1-4-2-3/h9-10,13H,4-8H2,1-3H3;3H,2H2,1H3. The summed E-state index contributed by atoms with van der Waals surface area (Å²) in [5, 5.41) is 16.9. The van der Waals surface area contributed by atoms with E-state index in [4.69, 9.17) is 14.9 Å². The van der Waals surface area contributed by atoms with Crippen molar-refractivity contribution in [2.24, 2.45) is 5.92 Å². The molecule has 120 valence electrons. The van der Waals surface area contributed by atoms with Gasteiger partial charge in [0.1, 0.15) is 12.4 Å². The molecule has 20 heavy (non-hydrogen) atoms.